The van der Waals surface area contributed by atoms with Gasteiger partial charge in [0.25, 0.3) is 0 Å². The molecule has 0 atom stereocenters. The highest BCUT2D eigenvalue weighted by atomic mass is 16.4. The molecule has 0 bridgehead atoms. The van der Waals surface area contributed by atoms with Crippen molar-refractivity contribution >= 4 is 5.97 Å². The van der Waals surface area contributed by atoms with Gasteiger partial charge in [0.15, 0.2) is 0 Å². The molecular weight excluding hydrogens is 206 g/mol. The molecule has 0 amide bonds. The van der Waals surface area contributed by atoms with Gasteiger partial charge in [0, 0.05) is 13.0 Å². The van der Waals surface area contributed by atoms with Gasteiger partial charge >= 0.3 is 11.8 Å². The van der Waals surface area contributed by atoms with Crippen LogP contribution in [0.1, 0.15) is 21.7 Å². The van der Waals surface area contributed by atoms with Crippen molar-refractivity contribution in [2.24, 2.45) is 0 Å². The average Bonchev–Trinajstić information content (AvgIpc) is 2.55. The van der Waals surface area contributed by atoms with Gasteiger partial charge in [-0.15, -0.1) is 4.68 Å². The number of carboxylic acids is 1. The lowest BCUT2D eigenvalue weighted by atomic mass is 10.2. The summed E-state index contributed by atoms with van der Waals surface area (Å²) in [6.07, 6.45) is 1.67. The zero-order valence-electron chi connectivity index (χ0n) is 9.06. The van der Waals surface area contributed by atoms with Gasteiger partial charge in [0.05, 0.1) is 5.69 Å². The minimum absolute atomic E-state index is 0.297. The molecule has 2 heterocycles. The van der Waals surface area contributed by atoms with E-state index in [1.807, 2.05) is 18.2 Å². The summed E-state index contributed by atoms with van der Waals surface area (Å²) >= 11 is 0. The molecule has 2 aromatic rings. The van der Waals surface area contributed by atoms with Gasteiger partial charge in [-0.25, -0.2) is 9.89 Å². The fourth-order valence-electron chi connectivity index (χ4n) is 1.72. The number of hydrogen-bond acceptors (Lipinski definition) is 2. The number of aromatic nitrogens is 3. The summed E-state index contributed by atoms with van der Waals surface area (Å²) in [4.78, 5) is 15.2. The van der Waals surface area contributed by atoms with Crippen LogP contribution in [0.2, 0.25) is 0 Å². The van der Waals surface area contributed by atoms with Crippen molar-refractivity contribution in [2.75, 3.05) is 0 Å². The summed E-state index contributed by atoms with van der Waals surface area (Å²) in [5.74, 6) is -0.253. The molecule has 16 heavy (non-hydrogen) atoms. The van der Waals surface area contributed by atoms with Crippen LogP contribution < -0.4 is 4.68 Å². The molecule has 5 nitrogen and oxygen atoms in total. The van der Waals surface area contributed by atoms with E-state index in [-0.39, 0.29) is 0 Å². The lowest BCUT2D eigenvalue weighted by molar-refractivity contribution is -0.665. The van der Waals surface area contributed by atoms with E-state index in [9.17, 15) is 4.79 Å². The Morgan fingerprint density at radius 3 is 2.69 bits per heavy atom. The molecule has 0 radical (unpaired) electrons. The molecule has 0 aliphatic carbocycles. The van der Waals surface area contributed by atoms with Crippen LogP contribution in [0.3, 0.4) is 0 Å². The first-order valence-electron chi connectivity index (χ1n) is 4.87. The number of aromatic carboxylic acids is 1. The first-order chi connectivity index (χ1) is 7.61. The topological polar surface area (TPSA) is 69.9 Å². The third-order valence-electron chi connectivity index (χ3n) is 2.44. The predicted octanol–water partition coefficient (Wildman–Crippen LogP) is 1.00. The van der Waals surface area contributed by atoms with Crippen molar-refractivity contribution < 1.29 is 14.6 Å². The standard InChI is InChI=1S/C11H11N3O2/c1-7-10(11(15)16)8(2)14(13-7)9-5-3-4-6-12-9/h3-6H,1-2H3,(H,15,16)/p+1. The summed E-state index contributed by atoms with van der Waals surface area (Å²) in [6.45, 7) is 3.48. The second-order valence-electron chi connectivity index (χ2n) is 3.53. The van der Waals surface area contributed by atoms with Crippen molar-refractivity contribution in [3.8, 4) is 5.82 Å². The van der Waals surface area contributed by atoms with Gasteiger partial charge in [0.1, 0.15) is 17.5 Å². The van der Waals surface area contributed by atoms with Crippen LogP contribution in [0.15, 0.2) is 24.4 Å². The van der Waals surface area contributed by atoms with Crippen molar-refractivity contribution in [1.29, 1.82) is 0 Å². The first-order valence-corrected chi connectivity index (χ1v) is 4.87. The Morgan fingerprint density at radius 1 is 1.44 bits per heavy atom. The highest BCUT2D eigenvalue weighted by molar-refractivity contribution is 5.89. The molecule has 0 saturated carbocycles. The number of hydrogen-bond donors (Lipinski definition) is 2. The Bertz CT molecular complexity index is 532. The second kappa shape index (κ2) is 3.77. The fourth-order valence-corrected chi connectivity index (χ4v) is 1.72. The lowest BCUT2D eigenvalue weighted by Gasteiger charge is -1.93. The monoisotopic (exact) mass is 218 g/mol. The second-order valence-corrected chi connectivity index (χ2v) is 3.53. The number of pyridine rings is 1. The molecule has 2 rings (SSSR count). The van der Waals surface area contributed by atoms with E-state index < -0.39 is 5.97 Å². The highest BCUT2D eigenvalue weighted by Crippen LogP contribution is 2.09. The molecule has 82 valence electrons. The van der Waals surface area contributed by atoms with Gasteiger partial charge < -0.3 is 5.11 Å². The maximum absolute atomic E-state index is 11.0. The van der Waals surface area contributed by atoms with Gasteiger partial charge in [-0.05, 0) is 18.0 Å². The summed E-state index contributed by atoms with van der Waals surface area (Å²) < 4.78 is 1.67. The van der Waals surface area contributed by atoms with Crippen molar-refractivity contribution in [1.82, 2.24) is 10.1 Å². The first kappa shape index (κ1) is 10.4. The van der Waals surface area contributed by atoms with Crippen LogP contribution in [0, 0.1) is 13.8 Å². The zero-order chi connectivity index (χ0) is 11.7. The van der Waals surface area contributed by atoms with Crippen LogP contribution in [-0.2, 0) is 0 Å². The van der Waals surface area contributed by atoms with E-state index in [0.717, 1.165) is 0 Å². The molecule has 0 aliphatic rings. The SMILES string of the molecule is Cc1[nH][n+](-c2ccccn2)c(C)c1C(=O)O. The maximum Gasteiger partial charge on any atom is 0.346 e. The molecule has 0 spiro atoms. The van der Waals surface area contributed by atoms with Gasteiger partial charge in [-0.3, -0.25) is 0 Å². The zero-order valence-corrected chi connectivity index (χ0v) is 9.06. The van der Waals surface area contributed by atoms with Crippen molar-refractivity contribution in [2.45, 2.75) is 13.8 Å². The number of nitrogens with one attached hydrogen (secondary N) is 1. The maximum atomic E-state index is 11.0. The molecule has 0 unspecified atom stereocenters. The van der Waals surface area contributed by atoms with Crippen molar-refractivity contribution in [3.63, 3.8) is 0 Å². The Labute approximate surface area is 92.4 Å². The number of carbonyl (C=O) groups is 1. The molecule has 2 aromatic heterocycles. The van der Waals surface area contributed by atoms with Gasteiger partial charge in [0.2, 0.25) is 0 Å². The Morgan fingerprint density at radius 2 is 2.19 bits per heavy atom. The minimum Gasteiger partial charge on any atom is -0.477 e. The number of nitrogens with zero attached hydrogens (tertiary/aromatic N) is 2. The summed E-state index contributed by atoms with van der Waals surface area (Å²) in [7, 11) is 0. The lowest BCUT2D eigenvalue weighted by Crippen LogP contribution is -2.36. The quantitative estimate of drug-likeness (QED) is 0.739. The van der Waals surface area contributed by atoms with Gasteiger partial charge in [-0.2, -0.15) is 0 Å². The van der Waals surface area contributed by atoms with Crippen LogP contribution >= 0.6 is 0 Å². The third kappa shape index (κ3) is 1.56. The molecule has 0 aliphatic heterocycles. The number of aryl methyl sites for hydroxylation is 1. The minimum atomic E-state index is -0.930. The molecule has 5 heteroatoms. The Kier molecular flexibility index (Phi) is 2.44. The molecule has 0 fully saturated rings. The summed E-state index contributed by atoms with van der Waals surface area (Å²) in [6, 6.07) is 5.48. The van der Waals surface area contributed by atoms with Crippen LogP contribution in [0.25, 0.3) is 5.82 Å². The normalized spacial score (nSPS) is 10.4. The number of carboxylic acid groups (broad SMARTS) is 1. The van der Waals surface area contributed by atoms with Crippen LogP contribution in [0.4, 0.5) is 0 Å². The Balaban J connectivity index is 2.61. The average molecular weight is 218 g/mol. The van der Waals surface area contributed by atoms with E-state index >= 15 is 0 Å². The van der Waals surface area contributed by atoms with Gasteiger partial charge in [-0.1, -0.05) is 6.07 Å². The number of aromatic amines is 1. The van der Waals surface area contributed by atoms with E-state index in [1.54, 1.807) is 24.7 Å². The van der Waals surface area contributed by atoms with Crippen molar-refractivity contribution in [3.05, 3.63) is 41.3 Å². The van der Waals surface area contributed by atoms with E-state index in [0.29, 0.717) is 22.8 Å². The van der Waals surface area contributed by atoms with E-state index in [2.05, 4.69) is 10.1 Å². The van der Waals surface area contributed by atoms with Crippen LogP contribution in [0.5, 0.6) is 0 Å². The predicted molar refractivity (Wildman–Crippen MR) is 56.6 cm³/mol. The number of H-pyrrole nitrogens is 1. The molecule has 2 N–H and O–H groups in total. The molecule has 0 aromatic carbocycles. The Hall–Kier alpha value is -2.17. The third-order valence-corrected chi connectivity index (χ3v) is 2.44. The molecule has 0 saturated heterocycles. The highest BCUT2D eigenvalue weighted by Gasteiger charge is 2.23. The summed E-state index contributed by atoms with van der Waals surface area (Å²) in [5.41, 5.74) is 1.56. The summed E-state index contributed by atoms with van der Waals surface area (Å²) in [5, 5.41) is 12.0. The van der Waals surface area contributed by atoms with E-state index in [1.165, 1.54) is 0 Å². The fraction of sp³-hybridized carbons (Fsp3) is 0.182. The smallest absolute Gasteiger partial charge is 0.346 e. The number of rotatable bonds is 2. The largest absolute Gasteiger partial charge is 0.477 e. The van der Waals surface area contributed by atoms with Crippen LogP contribution in [-0.4, -0.2) is 21.2 Å². The van der Waals surface area contributed by atoms with E-state index in [4.69, 9.17) is 5.11 Å². The molecular formula is C11H12N3O2+.